The maximum Gasteiger partial charge on any atom is 0.280 e. The molecule has 0 amide bonds. The van der Waals surface area contributed by atoms with Crippen LogP contribution in [0.4, 0.5) is 0 Å². The molecule has 1 aromatic rings. The van der Waals surface area contributed by atoms with Crippen molar-refractivity contribution in [3.63, 3.8) is 0 Å². The Morgan fingerprint density at radius 3 is 2.33 bits per heavy atom. The van der Waals surface area contributed by atoms with Crippen LogP contribution in [0.3, 0.4) is 0 Å². The van der Waals surface area contributed by atoms with Crippen molar-refractivity contribution < 1.29 is 8.42 Å². The summed E-state index contributed by atoms with van der Waals surface area (Å²) in [6.45, 7) is 1.88. The molecule has 0 spiro atoms. The van der Waals surface area contributed by atoms with Gasteiger partial charge in [0, 0.05) is 19.6 Å². The van der Waals surface area contributed by atoms with E-state index in [1.807, 2.05) is 49.3 Å². The predicted octanol–water partition coefficient (Wildman–Crippen LogP) is 1.61. The van der Waals surface area contributed by atoms with Gasteiger partial charge in [-0.1, -0.05) is 36.8 Å². The van der Waals surface area contributed by atoms with Crippen molar-refractivity contribution >= 4 is 10.2 Å². The number of hydrogen-bond acceptors (Lipinski definition) is 3. The Hall–Kier alpha value is -0.950. The van der Waals surface area contributed by atoms with Crippen molar-refractivity contribution in [1.29, 1.82) is 0 Å². The zero-order valence-corrected chi connectivity index (χ0v) is 13.6. The highest BCUT2D eigenvalue weighted by atomic mass is 32.2. The topological polar surface area (TPSA) is 52.7 Å². The van der Waals surface area contributed by atoms with Gasteiger partial charge >= 0.3 is 0 Å². The summed E-state index contributed by atoms with van der Waals surface area (Å²) in [7, 11) is 0.479. The molecule has 1 N–H and O–H groups in total. The Bertz CT molecular complexity index is 525. The van der Waals surface area contributed by atoms with Gasteiger partial charge in [0.15, 0.2) is 0 Å². The van der Waals surface area contributed by atoms with Crippen molar-refractivity contribution in [2.45, 2.75) is 25.3 Å². The standard InChI is InChI=1S/C15H25N3O2S/c1-17(2)13-15(14-9-5-3-6-10-14)16-21(19,20)18-11-7-4-8-12-18/h3,5-6,9-10,15-16H,4,7-8,11-13H2,1-2H3. The summed E-state index contributed by atoms with van der Waals surface area (Å²) >= 11 is 0. The van der Waals surface area contributed by atoms with Gasteiger partial charge in [-0.15, -0.1) is 0 Å². The van der Waals surface area contributed by atoms with Crippen LogP contribution in [0.15, 0.2) is 30.3 Å². The summed E-state index contributed by atoms with van der Waals surface area (Å²) in [5.41, 5.74) is 0.992. The van der Waals surface area contributed by atoms with Crippen LogP contribution in [0, 0.1) is 0 Å². The van der Waals surface area contributed by atoms with Crippen LogP contribution in [0.5, 0.6) is 0 Å². The Morgan fingerprint density at radius 2 is 1.76 bits per heavy atom. The Balaban J connectivity index is 2.14. The smallest absolute Gasteiger partial charge is 0.280 e. The summed E-state index contributed by atoms with van der Waals surface area (Å²) in [5.74, 6) is 0. The molecule has 6 heteroatoms. The van der Waals surface area contributed by atoms with Crippen molar-refractivity contribution in [2.75, 3.05) is 33.7 Å². The second-order valence-electron chi connectivity index (χ2n) is 5.81. The molecule has 1 fully saturated rings. The van der Waals surface area contributed by atoms with E-state index in [1.54, 1.807) is 4.31 Å². The molecule has 118 valence electrons. The van der Waals surface area contributed by atoms with E-state index in [0.717, 1.165) is 24.8 Å². The SMILES string of the molecule is CN(C)CC(NS(=O)(=O)N1CCCCC1)c1ccccc1. The van der Waals surface area contributed by atoms with Crippen LogP contribution in [0.1, 0.15) is 30.9 Å². The Kier molecular flexibility index (Phi) is 5.75. The minimum absolute atomic E-state index is 0.229. The van der Waals surface area contributed by atoms with Crippen LogP contribution in [-0.2, 0) is 10.2 Å². The normalized spacial score (nSPS) is 18.8. The lowest BCUT2D eigenvalue weighted by Crippen LogP contribution is -2.46. The van der Waals surface area contributed by atoms with Gasteiger partial charge in [-0.05, 0) is 32.5 Å². The Labute approximate surface area is 128 Å². The first-order valence-corrected chi connectivity index (χ1v) is 8.90. The van der Waals surface area contributed by atoms with Crippen LogP contribution in [0.2, 0.25) is 0 Å². The minimum atomic E-state index is -3.42. The first-order chi connectivity index (χ1) is 9.99. The van der Waals surface area contributed by atoms with Crippen LogP contribution in [0.25, 0.3) is 0 Å². The largest absolute Gasteiger partial charge is 0.307 e. The number of nitrogens with one attached hydrogen (secondary N) is 1. The van der Waals surface area contributed by atoms with E-state index in [-0.39, 0.29) is 6.04 Å². The molecule has 1 unspecified atom stereocenters. The molecule has 0 radical (unpaired) electrons. The van der Waals surface area contributed by atoms with Crippen molar-refractivity contribution in [1.82, 2.24) is 13.9 Å². The number of rotatable bonds is 6. The average molecular weight is 311 g/mol. The number of benzene rings is 1. The molecule has 1 atom stereocenters. The lowest BCUT2D eigenvalue weighted by atomic mass is 10.1. The average Bonchev–Trinajstić information content (AvgIpc) is 2.48. The molecule has 21 heavy (non-hydrogen) atoms. The summed E-state index contributed by atoms with van der Waals surface area (Å²) in [5, 5.41) is 0. The van der Waals surface area contributed by atoms with Crippen LogP contribution >= 0.6 is 0 Å². The molecular formula is C15H25N3O2S. The molecule has 0 aliphatic carbocycles. The van der Waals surface area contributed by atoms with Gasteiger partial charge in [0.25, 0.3) is 10.2 Å². The number of likely N-dealkylation sites (N-methyl/N-ethyl adjacent to an activating group) is 1. The van der Waals surface area contributed by atoms with Crippen LogP contribution < -0.4 is 4.72 Å². The van der Waals surface area contributed by atoms with E-state index in [4.69, 9.17) is 0 Å². The van der Waals surface area contributed by atoms with E-state index in [1.165, 1.54) is 0 Å². The first-order valence-electron chi connectivity index (χ1n) is 7.46. The molecule has 0 aromatic heterocycles. The van der Waals surface area contributed by atoms with E-state index in [2.05, 4.69) is 4.72 Å². The molecule has 1 aromatic carbocycles. The fourth-order valence-electron chi connectivity index (χ4n) is 2.62. The highest BCUT2D eigenvalue weighted by Gasteiger charge is 2.27. The third-order valence-corrected chi connectivity index (χ3v) is 5.32. The maximum absolute atomic E-state index is 12.5. The first kappa shape index (κ1) is 16.4. The highest BCUT2D eigenvalue weighted by molar-refractivity contribution is 7.87. The summed E-state index contributed by atoms with van der Waals surface area (Å²) in [6, 6.07) is 9.52. The summed E-state index contributed by atoms with van der Waals surface area (Å²) in [4.78, 5) is 2.00. The number of nitrogens with zero attached hydrogens (tertiary/aromatic N) is 2. The molecule has 1 heterocycles. The molecule has 5 nitrogen and oxygen atoms in total. The highest BCUT2D eigenvalue weighted by Crippen LogP contribution is 2.18. The zero-order valence-electron chi connectivity index (χ0n) is 12.8. The van der Waals surface area contributed by atoms with Crippen molar-refractivity contribution in [3.05, 3.63) is 35.9 Å². The van der Waals surface area contributed by atoms with E-state index in [0.29, 0.717) is 19.6 Å². The molecule has 1 aliphatic rings. The second-order valence-corrected chi connectivity index (χ2v) is 7.51. The zero-order chi connectivity index (χ0) is 15.3. The number of hydrogen-bond donors (Lipinski definition) is 1. The third-order valence-electron chi connectivity index (χ3n) is 3.70. The summed E-state index contributed by atoms with van der Waals surface area (Å²) < 4.78 is 29.5. The summed E-state index contributed by atoms with van der Waals surface area (Å²) in [6.07, 6.45) is 3.01. The molecule has 0 bridgehead atoms. The molecule has 2 rings (SSSR count). The molecular weight excluding hydrogens is 286 g/mol. The fraction of sp³-hybridized carbons (Fsp3) is 0.600. The molecule has 1 saturated heterocycles. The fourth-order valence-corrected chi connectivity index (χ4v) is 4.08. The van der Waals surface area contributed by atoms with Gasteiger partial charge in [-0.3, -0.25) is 0 Å². The van der Waals surface area contributed by atoms with E-state index >= 15 is 0 Å². The van der Waals surface area contributed by atoms with Gasteiger partial charge in [0.1, 0.15) is 0 Å². The monoisotopic (exact) mass is 311 g/mol. The van der Waals surface area contributed by atoms with Gasteiger partial charge in [-0.2, -0.15) is 17.4 Å². The van der Waals surface area contributed by atoms with E-state index in [9.17, 15) is 8.42 Å². The van der Waals surface area contributed by atoms with E-state index < -0.39 is 10.2 Å². The molecule has 0 saturated carbocycles. The molecule has 1 aliphatic heterocycles. The van der Waals surface area contributed by atoms with Crippen LogP contribution in [-0.4, -0.2) is 51.4 Å². The lowest BCUT2D eigenvalue weighted by molar-refractivity contribution is 0.325. The number of piperidine rings is 1. The predicted molar refractivity (Wildman–Crippen MR) is 85.2 cm³/mol. The lowest BCUT2D eigenvalue weighted by Gasteiger charge is -2.29. The minimum Gasteiger partial charge on any atom is -0.307 e. The van der Waals surface area contributed by atoms with Crippen molar-refractivity contribution in [3.8, 4) is 0 Å². The Morgan fingerprint density at radius 1 is 1.14 bits per heavy atom. The second kappa shape index (κ2) is 7.35. The van der Waals surface area contributed by atoms with Gasteiger partial charge < -0.3 is 4.90 Å². The quantitative estimate of drug-likeness (QED) is 0.868. The van der Waals surface area contributed by atoms with Gasteiger partial charge in [0.05, 0.1) is 6.04 Å². The maximum atomic E-state index is 12.5. The van der Waals surface area contributed by atoms with Crippen molar-refractivity contribution in [2.24, 2.45) is 0 Å². The third kappa shape index (κ3) is 4.78. The van der Waals surface area contributed by atoms with Gasteiger partial charge in [0.2, 0.25) is 0 Å². The van der Waals surface area contributed by atoms with Gasteiger partial charge in [-0.25, -0.2) is 0 Å².